The zero-order chi connectivity index (χ0) is 15.5. The fourth-order valence-electron chi connectivity index (χ4n) is 2.35. The minimum absolute atomic E-state index is 0.0597. The maximum atomic E-state index is 12.0. The fourth-order valence-corrected chi connectivity index (χ4v) is 2.35. The van der Waals surface area contributed by atoms with E-state index in [1.54, 1.807) is 11.2 Å². The van der Waals surface area contributed by atoms with Crippen LogP contribution in [-0.2, 0) is 9.47 Å². The van der Waals surface area contributed by atoms with E-state index in [9.17, 15) is 4.79 Å². The summed E-state index contributed by atoms with van der Waals surface area (Å²) in [5.74, 6) is 1.19. The Labute approximate surface area is 126 Å². The van der Waals surface area contributed by atoms with Crippen LogP contribution in [0.5, 0.6) is 0 Å². The lowest BCUT2D eigenvalue weighted by Crippen LogP contribution is -2.35. The molecule has 0 unspecified atom stereocenters. The quantitative estimate of drug-likeness (QED) is 0.851. The first-order valence-corrected chi connectivity index (χ1v) is 7.48. The third kappa shape index (κ3) is 4.77. The van der Waals surface area contributed by atoms with Crippen molar-refractivity contribution in [2.75, 3.05) is 19.7 Å². The van der Waals surface area contributed by atoms with Gasteiger partial charge >= 0.3 is 6.09 Å². The molecule has 2 rings (SSSR count). The standard InChI is InChI=1S/C16H25NO4/c1-12(14-6-5-9-19-14)20-11-13-7-8-17(10-13)15(18)21-16(2,3)4/h5-6,9,12-13H,7-8,10-11H2,1-4H3/t12-,13-/m0/s1. The number of likely N-dealkylation sites (tertiary alicyclic amines) is 1. The highest BCUT2D eigenvalue weighted by molar-refractivity contribution is 5.68. The highest BCUT2D eigenvalue weighted by Gasteiger charge is 2.30. The van der Waals surface area contributed by atoms with Crippen molar-refractivity contribution in [2.24, 2.45) is 5.92 Å². The highest BCUT2D eigenvalue weighted by atomic mass is 16.6. The van der Waals surface area contributed by atoms with Gasteiger partial charge in [0, 0.05) is 19.0 Å². The third-order valence-corrected chi connectivity index (χ3v) is 3.46. The monoisotopic (exact) mass is 295 g/mol. The van der Waals surface area contributed by atoms with Gasteiger partial charge < -0.3 is 18.8 Å². The summed E-state index contributed by atoms with van der Waals surface area (Å²) in [6, 6.07) is 3.77. The molecule has 1 saturated heterocycles. The molecule has 1 aromatic heterocycles. The van der Waals surface area contributed by atoms with Gasteiger partial charge in [0.2, 0.25) is 0 Å². The van der Waals surface area contributed by atoms with Crippen molar-refractivity contribution in [3.8, 4) is 0 Å². The molecular formula is C16H25NO4. The summed E-state index contributed by atoms with van der Waals surface area (Å²) in [7, 11) is 0. The number of nitrogens with zero attached hydrogens (tertiary/aromatic N) is 1. The lowest BCUT2D eigenvalue weighted by Gasteiger charge is -2.24. The average Bonchev–Trinajstić information content (AvgIpc) is 3.05. The molecule has 1 aromatic rings. The molecule has 1 aliphatic rings. The number of rotatable bonds is 4. The Morgan fingerprint density at radius 1 is 1.52 bits per heavy atom. The Morgan fingerprint density at radius 3 is 2.90 bits per heavy atom. The molecule has 0 aliphatic carbocycles. The molecule has 21 heavy (non-hydrogen) atoms. The van der Waals surface area contributed by atoms with Gasteiger partial charge in [-0.3, -0.25) is 0 Å². The van der Waals surface area contributed by atoms with Gasteiger partial charge in [-0.25, -0.2) is 4.79 Å². The van der Waals surface area contributed by atoms with Crippen LogP contribution in [0.4, 0.5) is 4.79 Å². The summed E-state index contributed by atoms with van der Waals surface area (Å²) in [4.78, 5) is 13.7. The molecule has 0 saturated carbocycles. The van der Waals surface area contributed by atoms with Gasteiger partial charge in [-0.2, -0.15) is 0 Å². The van der Waals surface area contributed by atoms with E-state index < -0.39 is 5.60 Å². The van der Waals surface area contributed by atoms with Crippen LogP contribution in [0.15, 0.2) is 22.8 Å². The van der Waals surface area contributed by atoms with Crippen molar-refractivity contribution in [3.05, 3.63) is 24.2 Å². The molecule has 1 aliphatic heterocycles. The molecule has 0 aromatic carbocycles. The van der Waals surface area contributed by atoms with Crippen LogP contribution >= 0.6 is 0 Å². The van der Waals surface area contributed by atoms with Gasteiger partial charge in [-0.1, -0.05) is 0 Å². The molecule has 0 radical (unpaired) electrons. The number of carbonyl (C=O) groups excluding carboxylic acids is 1. The molecule has 1 amide bonds. The first-order chi connectivity index (χ1) is 9.85. The molecular weight excluding hydrogens is 270 g/mol. The third-order valence-electron chi connectivity index (χ3n) is 3.46. The summed E-state index contributed by atoms with van der Waals surface area (Å²) in [5.41, 5.74) is -0.445. The maximum absolute atomic E-state index is 12.0. The topological polar surface area (TPSA) is 51.9 Å². The number of hydrogen-bond acceptors (Lipinski definition) is 4. The first kappa shape index (κ1) is 15.9. The Balaban J connectivity index is 1.74. The molecule has 5 nitrogen and oxygen atoms in total. The van der Waals surface area contributed by atoms with Gasteiger partial charge in [-0.05, 0) is 46.2 Å². The Bertz CT molecular complexity index is 449. The van der Waals surface area contributed by atoms with Gasteiger partial charge in [0.15, 0.2) is 0 Å². The van der Waals surface area contributed by atoms with Crippen LogP contribution in [-0.4, -0.2) is 36.3 Å². The second kappa shape index (κ2) is 6.52. The Morgan fingerprint density at radius 2 is 2.29 bits per heavy atom. The van der Waals surface area contributed by atoms with Crippen molar-refractivity contribution >= 4 is 6.09 Å². The van der Waals surface area contributed by atoms with Crippen molar-refractivity contribution in [2.45, 2.75) is 45.8 Å². The van der Waals surface area contributed by atoms with Gasteiger partial charge in [-0.15, -0.1) is 0 Å². The van der Waals surface area contributed by atoms with Gasteiger partial charge in [0.05, 0.1) is 12.9 Å². The van der Waals surface area contributed by atoms with E-state index in [0.29, 0.717) is 19.1 Å². The minimum atomic E-state index is -0.445. The van der Waals surface area contributed by atoms with Gasteiger partial charge in [0.25, 0.3) is 0 Å². The number of hydrogen-bond donors (Lipinski definition) is 0. The lowest BCUT2D eigenvalue weighted by atomic mass is 10.1. The number of amides is 1. The molecule has 2 heterocycles. The molecule has 0 N–H and O–H groups in total. The predicted octanol–water partition coefficient (Wildman–Crippen LogP) is 3.61. The van der Waals surface area contributed by atoms with Crippen molar-refractivity contribution in [3.63, 3.8) is 0 Å². The normalized spacial score (nSPS) is 20.6. The summed E-state index contributed by atoms with van der Waals surface area (Å²) < 4.78 is 16.5. The predicted molar refractivity (Wildman–Crippen MR) is 79.0 cm³/mol. The van der Waals surface area contributed by atoms with Crippen LogP contribution < -0.4 is 0 Å². The smallest absolute Gasteiger partial charge is 0.410 e. The SMILES string of the molecule is C[C@H](OC[C@H]1CCN(C(=O)OC(C)(C)C)C1)c1ccco1. The maximum Gasteiger partial charge on any atom is 0.410 e. The number of furan rings is 1. The second-order valence-corrected chi connectivity index (χ2v) is 6.57. The number of carbonyl (C=O) groups is 1. The molecule has 5 heteroatoms. The van der Waals surface area contributed by atoms with Crippen LogP contribution in [0.3, 0.4) is 0 Å². The van der Waals surface area contributed by atoms with Crippen LogP contribution in [0.25, 0.3) is 0 Å². The van der Waals surface area contributed by atoms with Crippen molar-refractivity contribution < 1.29 is 18.7 Å². The zero-order valence-corrected chi connectivity index (χ0v) is 13.3. The summed E-state index contributed by atoms with van der Waals surface area (Å²) in [5, 5.41) is 0. The lowest BCUT2D eigenvalue weighted by molar-refractivity contribution is 0.0192. The first-order valence-electron chi connectivity index (χ1n) is 7.48. The van der Waals surface area contributed by atoms with E-state index in [4.69, 9.17) is 13.9 Å². The van der Waals surface area contributed by atoms with Gasteiger partial charge in [0.1, 0.15) is 17.5 Å². The number of ether oxygens (including phenoxy) is 2. The second-order valence-electron chi connectivity index (χ2n) is 6.57. The molecule has 0 bridgehead atoms. The van der Waals surface area contributed by atoms with Crippen LogP contribution in [0.1, 0.15) is 46.0 Å². The molecule has 2 atom stereocenters. The molecule has 0 spiro atoms. The van der Waals surface area contributed by atoms with E-state index in [-0.39, 0.29) is 12.2 Å². The fraction of sp³-hybridized carbons (Fsp3) is 0.688. The van der Waals surface area contributed by atoms with E-state index in [1.807, 2.05) is 39.8 Å². The van der Waals surface area contributed by atoms with Crippen LogP contribution in [0, 0.1) is 5.92 Å². The Kier molecular flexibility index (Phi) is 4.93. The average molecular weight is 295 g/mol. The van der Waals surface area contributed by atoms with Crippen molar-refractivity contribution in [1.29, 1.82) is 0 Å². The zero-order valence-electron chi connectivity index (χ0n) is 13.3. The summed E-state index contributed by atoms with van der Waals surface area (Å²) in [6.45, 7) is 9.67. The minimum Gasteiger partial charge on any atom is -0.467 e. The van der Waals surface area contributed by atoms with E-state index >= 15 is 0 Å². The van der Waals surface area contributed by atoms with E-state index in [2.05, 4.69) is 0 Å². The van der Waals surface area contributed by atoms with E-state index in [1.165, 1.54) is 0 Å². The molecule has 118 valence electrons. The van der Waals surface area contributed by atoms with Crippen molar-refractivity contribution in [1.82, 2.24) is 4.90 Å². The Hall–Kier alpha value is -1.49. The van der Waals surface area contributed by atoms with E-state index in [0.717, 1.165) is 18.7 Å². The highest BCUT2D eigenvalue weighted by Crippen LogP contribution is 2.23. The van der Waals surface area contributed by atoms with Crippen LogP contribution in [0.2, 0.25) is 0 Å². The molecule has 1 fully saturated rings. The summed E-state index contributed by atoms with van der Waals surface area (Å²) >= 11 is 0. The summed E-state index contributed by atoms with van der Waals surface area (Å²) in [6.07, 6.45) is 2.30. The largest absolute Gasteiger partial charge is 0.467 e.